The lowest BCUT2D eigenvalue weighted by Crippen LogP contribution is -2.44. The molecule has 32 heavy (non-hydrogen) atoms. The van der Waals surface area contributed by atoms with Crippen LogP contribution in [0.2, 0.25) is 0 Å². The molecular formula is C25H28FN3O2S. The van der Waals surface area contributed by atoms with Gasteiger partial charge in [0.25, 0.3) is 5.91 Å². The summed E-state index contributed by atoms with van der Waals surface area (Å²) in [5.74, 6) is 0.285. The summed E-state index contributed by atoms with van der Waals surface area (Å²) in [7, 11) is 3.64. The van der Waals surface area contributed by atoms with E-state index in [1.54, 1.807) is 13.2 Å². The molecule has 1 amide bonds. The van der Waals surface area contributed by atoms with Crippen LogP contribution in [0.5, 0.6) is 5.75 Å². The van der Waals surface area contributed by atoms with Crippen LogP contribution in [-0.2, 0) is 6.54 Å². The predicted octanol–water partition coefficient (Wildman–Crippen LogP) is 5.13. The molecule has 7 heteroatoms. The van der Waals surface area contributed by atoms with Crippen LogP contribution in [0.15, 0.2) is 54.0 Å². The van der Waals surface area contributed by atoms with E-state index in [0.717, 1.165) is 53.0 Å². The predicted molar refractivity (Wildman–Crippen MR) is 125 cm³/mol. The van der Waals surface area contributed by atoms with Gasteiger partial charge in [-0.05, 0) is 74.0 Å². The number of thiophene rings is 1. The van der Waals surface area contributed by atoms with Crippen molar-refractivity contribution < 1.29 is 13.9 Å². The number of hydrogen-bond acceptors (Lipinski definition) is 5. The number of rotatable bonds is 7. The summed E-state index contributed by atoms with van der Waals surface area (Å²) in [6, 6.07) is 13.4. The lowest BCUT2D eigenvalue weighted by atomic mass is 9.89. The van der Waals surface area contributed by atoms with Crippen molar-refractivity contribution in [3.8, 4) is 16.9 Å². The average Bonchev–Trinajstić information content (AvgIpc) is 3.38. The molecule has 1 aromatic carbocycles. The second-order valence-corrected chi connectivity index (χ2v) is 9.05. The third kappa shape index (κ3) is 5.00. The number of nitrogens with zero attached hydrogens (tertiary/aromatic N) is 2. The maximum Gasteiger partial charge on any atom is 0.264 e. The Morgan fingerprint density at radius 3 is 2.59 bits per heavy atom. The van der Waals surface area contributed by atoms with Crippen molar-refractivity contribution >= 4 is 17.2 Å². The molecule has 1 aliphatic carbocycles. The van der Waals surface area contributed by atoms with Crippen molar-refractivity contribution in [1.29, 1.82) is 0 Å². The first-order valence-electron chi connectivity index (χ1n) is 10.9. The molecule has 0 radical (unpaired) electrons. The first-order valence-corrected chi connectivity index (χ1v) is 11.8. The van der Waals surface area contributed by atoms with E-state index in [0.29, 0.717) is 12.6 Å². The summed E-state index contributed by atoms with van der Waals surface area (Å²) in [4.78, 5) is 20.0. The highest BCUT2D eigenvalue weighted by Crippen LogP contribution is 2.31. The number of nitrogens with one attached hydrogen (secondary N) is 1. The zero-order valence-electron chi connectivity index (χ0n) is 18.4. The molecule has 0 atom stereocenters. The Morgan fingerprint density at radius 2 is 1.97 bits per heavy atom. The maximum atomic E-state index is 13.5. The van der Waals surface area contributed by atoms with Crippen molar-refractivity contribution in [2.75, 3.05) is 14.2 Å². The summed E-state index contributed by atoms with van der Waals surface area (Å²) >= 11 is 1.47. The van der Waals surface area contributed by atoms with Crippen LogP contribution < -0.4 is 10.1 Å². The van der Waals surface area contributed by atoms with E-state index in [9.17, 15) is 9.18 Å². The third-order valence-corrected chi connectivity index (χ3v) is 7.08. The first-order chi connectivity index (χ1) is 15.6. The molecule has 168 valence electrons. The van der Waals surface area contributed by atoms with Gasteiger partial charge < -0.3 is 15.0 Å². The van der Waals surface area contributed by atoms with Crippen molar-refractivity contribution in [1.82, 2.24) is 15.2 Å². The SMILES string of the molecule is CNC1CCC(N(Cc2cc(-c3ccc(F)nc3)ccc2OC)C(=O)c2cccs2)CC1. The summed E-state index contributed by atoms with van der Waals surface area (Å²) in [6.07, 6.45) is 5.55. The van der Waals surface area contributed by atoms with Gasteiger partial charge in [0, 0.05) is 36.0 Å². The fourth-order valence-corrected chi connectivity index (χ4v) is 5.08. The Hall–Kier alpha value is -2.77. The highest BCUT2D eigenvalue weighted by atomic mass is 32.1. The Morgan fingerprint density at radius 1 is 1.19 bits per heavy atom. The number of aromatic nitrogens is 1. The minimum absolute atomic E-state index is 0.0591. The normalized spacial score (nSPS) is 18.3. The smallest absolute Gasteiger partial charge is 0.264 e. The van der Waals surface area contributed by atoms with E-state index in [2.05, 4.69) is 10.3 Å². The van der Waals surface area contributed by atoms with Gasteiger partial charge in [0.05, 0.1) is 12.0 Å². The van der Waals surface area contributed by atoms with E-state index >= 15 is 0 Å². The number of halogens is 1. The Labute approximate surface area is 192 Å². The second-order valence-electron chi connectivity index (χ2n) is 8.10. The molecule has 0 aliphatic heterocycles. The van der Waals surface area contributed by atoms with Crippen molar-refractivity contribution in [2.24, 2.45) is 0 Å². The zero-order valence-corrected chi connectivity index (χ0v) is 19.2. The van der Waals surface area contributed by atoms with Crippen LogP contribution in [0, 0.1) is 5.95 Å². The largest absolute Gasteiger partial charge is 0.496 e. The molecule has 3 aromatic rings. The van der Waals surface area contributed by atoms with Gasteiger partial charge in [0.15, 0.2) is 0 Å². The van der Waals surface area contributed by atoms with Crippen LogP contribution in [0.1, 0.15) is 40.9 Å². The standard InChI is InChI=1S/C25H28FN3O2S/c1-27-20-7-9-21(10-8-20)29(25(30)23-4-3-13-32-23)16-19-14-17(5-11-22(19)31-2)18-6-12-24(26)28-15-18/h3-6,11-15,20-21,27H,7-10,16H2,1-2H3. The first kappa shape index (κ1) is 22.4. The molecule has 1 aliphatic rings. The third-order valence-electron chi connectivity index (χ3n) is 6.22. The van der Waals surface area contributed by atoms with E-state index in [-0.39, 0.29) is 11.9 Å². The van der Waals surface area contributed by atoms with Crippen LogP contribution in [0.3, 0.4) is 0 Å². The quantitative estimate of drug-likeness (QED) is 0.504. The number of carbonyl (C=O) groups excluding carboxylic acids is 1. The molecule has 0 saturated heterocycles. The highest BCUT2D eigenvalue weighted by Gasteiger charge is 2.30. The maximum absolute atomic E-state index is 13.5. The molecule has 0 unspecified atom stereocenters. The van der Waals surface area contributed by atoms with Gasteiger partial charge in [-0.1, -0.05) is 12.1 Å². The van der Waals surface area contributed by atoms with Crippen molar-refractivity contribution in [2.45, 2.75) is 44.3 Å². The number of hydrogen-bond donors (Lipinski definition) is 1. The van der Waals surface area contributed by atoms with Crippen LogP contribution in [0.4, 0.5) is 4.39 Å². The van der Waals surface area contributed by atoms with Crippen LogP contribution in [-0.4, -0.2) is 42.0 Å². The van der Waals surface area contributed by atoms with E-state index in [1.807, 2.05) is 47.7 Å². The Balaban J connectivity index is 1.65. The lowest BCUT2D eigenvalue weighted by Gasteiger charge is -2.37. The summed E-state index contributed by atoms with van der Waals surface area (Å²) in [6.45, 7) is 0.456. The van der Waals surface area contributed by atoms with Crippen molar-refractivity contribution in [3.63, 3.8) is 0 Å². The summed E-state index contributed by atoms with van der Waals surface area (Å²) in [5, 5.41) is 5.30. The van der Waals surface area contributed by atoms with Gasteiger partial charge >= 0.3 is 0 Å². The molecule has 2 heterocycles. The summed E-state index contributed by atoms with van der Waals surface area (Å²) < 4.78 is 18.9. The minimum atomic E-state index is -0.507. The van der Waals surface area contributed by atoms with Gasteiger partial charge in [-0.2, -0.15) is 4.39 Å². The van der Waals surface area contributed by atoms with Gasteiger partial charge in [-0.15, -0.1) is 11.3 Å². The number of amides is 1. The van der Waals surface area contributed by atoms with E-state index in [1.165, 1.54) is 23.6 Å². The molecule has 2 aromatic heterocycles. The molecule has 5 nitrogen and oxygen atoms in total. The fourth-order valence-electron chi connectivity index (χ4n) is 4.40. The highest BCUT2D eigenvalue weighted by molar-refractivity contribution is 7.12. The number of benzene rings is 1. The molecule has 1 N–H and O–H groups in total. The molecule has 0 spiro atoms. The van der Waals surface area contributed by atoms with Gasteiger partial charge in [0.1, 0.15) is 5.75 Å². The van der Waals surface area contributed by atoms with E-state index in [4.69, 9.17) is 4.74 Å². The Kier molecular flexibility index (Phi) is 7.17. The number of pyridine rings is 1. The van der Waals surface area contributed by atoms with Crippen molar-refractivity contribution in [3.05, 3.63) is 70.4 Å². The monoisotopic (exact) mass is 453 g/mol. The van der Waals surface area contributed by atoms with Gasteiger partial charge in [-0.25, -0.2) is 4.98 Å². The molecule has 1 fully saturated rings. The number of carbonyl (C=O) groups is 1. The molecule has 4 rings (SSSR count). The number of ether oxygens (including phenoxy) is 1. The second kappa shape index (κ2) is 10.2. The molecular weight excluding hydrogens is 425 g/mol. The Bertz CT molecular complexity index is 1030. The molecule has 1 saturated carbocycles. The topological polar surface area (TPSA) is 54.5 Å². The zero-order chi connectivity index (χ0) is 22.5. The lowest BCUT2D eigenvalue weighted by molar-refractivity contribution is 0.0604. The number of methoxy groups -OCH3 is 1. The minimum Gasteiger partial charge on any atom is -0.496 e. The van der Waals surface area contributed by atoms with Gasteiger partial charge in [0.2, 0.25) is 5.95 Å². The van der Waals surface area contributed by atoms with Crippen LogP contribution in [0.25, 0.3) is 11.1 Å². The fraction of sp³-hybridized carbons (Fsp3) is 0.360. The summed E-state index contributed by atoms with van der Waals surface area (Å²) in [5.41, 5.74) is 2.66. The van der Waals surface area contributed by atoms with Crippen LogP contribution >= 0.6 is 11.3 Å². The van der Waals surface area contributed by atoms with Gasteiger partial charge in [-0.3, -0.25) is 4.79 Å². The molecule has 0 bridgehead atoms. The average molecular weight is 454 g/mol. The van der Waals surface area contributed by atoms with E-state index < -0.39 is 5.95 Å².